The van der Waals surface area contributed by atoms with Gasteiger partial charge in [0.1, 0.15) is 0 Å². The van der Waals surface area contributed by atoms with Gasteiger partial charge in [0, 0.05) is 23.2 Å². The molecule has 0 spiro atoms. The molecule has 2 nitrogen and oxygen atoms in total. The zero-order valence-electron chi connectivity index (χ0n) is 18.8. The molecule has 0 unspecified atom stereocenters. The van der Waals surface area contributed by atoms with Gasteiger partial charge in [0.2, 0.25) is 0 Å². The van der Waals surface area contributed by atoms with Crippen LogP contribution in [0.4, 0.5) is 0 Å². The Morgan fingerprint density at radius 1 is 0.412 bits per heavy atom. The average molecular weight is 437 g/mol. The minimum absolute atomic E-state index is 1.02. The Morgan fingerprint density at radius 3 is 1.24 bits per heavy atom. The summed E-state index contributed by atoms with van der Waals surface area (Å²) in [5.74, 6) is 0. The highest BCUT2D eigenvalue weighted by Crippen LogP contribution is 2.16. The third-order valence-electron chi connectivity index (χ3n) is 5.57. The van der Waals surface area contributed by atoms with Crippen LogP contribution in [0.3, 0.4) is 0 Å². The highest BCUT2D eigenvalue weighted by atomic mass is 14.6. The topological polar surface area (TPSA) is 25.8 Å². The molecule has 2 heterocycles. The molecule has 0 amide bonds. The molecule has 3 aromatic carbocycles. The van der Waals surface area contributed by atoms with E-state index in [0.717, 1.165) is 32.9 Å². The molecule has 0 fully saturated rings. The Hall–Kier alpha value is -4.56. The second kappa shape index (κ2) is 10.4. The fourth-order valence-electron chi connectivity index (χ4n) is 3.76. The number of nitrogens with zero attached hydrogens (tertiary/aromatic N) is 2. The summed E-state index contributed by atoms with van der Waals surface area (Å²) in [7, 11) is 0. The van der Waals surface area contributed by atoms with Crippen LogP contribution in [0.5, 0.6) is 0 Å². The highest BCUT2D eigenvalue weighted by molar-refractivity contribution is 5.82. The van der Waals surface area contributed by atoms with E-state index in [-0.39, 0.29) is 0 Å². The van der Waals surface area contributed by atoms with Gasteiger partial charge in [-0.1, -0.05) is 109 Å². The Labute approximate surface area is 200 Å². The highest BCUT2D eigenvalue weighted by Gasteiger charge is 1.95. The summed E-state index contributed by atoms with van der Waals surface area (Å²) in [6.07, 6.45) is 20.3. The van der Waals surface area contributed by atoms with Gasteiger partial charge in [-0.15, -0.1) is 0 Å². The van der Waals surface area contributed by atoms with Gasteiger partial charge < -0.3 is 0 Å². The molecule has 0 aliphatic rings. The molecule has 2 heteroatoms. The molecule has 2 aromatic heterocycles. The molecule has 162 valence electrons. The lowest BCUT2D eigenvalue weighted by atomic mass is 10.1. The molecule has 0 radical (unpaired) electrons. The Kier molecular flexibility index (Phi) is 6.50. The summed E-state index contributed by atoms with van der Waals surface area (Å²) in [4.78, 5) is 8.83. The molecule has 0 atom stereocenters. The van der Waals surface area contributed by atoms with Crippen LogP contribution in [0.1, 0.15) is 22.3 Å². The van der Waals surface area contributed by atoms with Gasteiger partial charge in [0.25, 0.3) is 0 Å². The normalized spacial score (nSPS) is 12.2. The summed E-state index contributed by atoms with van der Waals surface area (Å²) in [6.45, 7) is 0. The van der Waals surface area contributed by atoms with Crippen molar-refractivity contribution in [3.05, 3.63) is 144 Å². The maximum absolute atomic E-state index is 4.41. The quantitative estimate of drug-likeness (QED) is 0.251. The first kappa shape index (κ1) is 21.3. The molecular formula is C32H24N2. The number of hydrogen-bond donors (Lipinski definition) is 0. The number of benzene rings is 3. The minimum Gasteiger partial charge on any atom is -0.256 e. The van der Waals surface area contributed by atoms with E-state index in [4.69, 9.17) is 0 Å². The summed E-state index contributed by atoms with van der Waals surface area (Å²) in [6, 6.07) is 29.2. The Balaban J connectivity index is 1.17. The van der Waals surface area contributed by atoms with Crippen molar-refractivity contribution in [2.45, 2.75) is 0 Å². The van der Waals surface area contributed by atoms with Gasteiger partial charge in [0.05, 0.1) is 11.0 Å². The first-order valence-electron chi connectivity index (χ1n) is 11.3. The van der Waals surface area contributed by atoms with Gasteiger partial charge in [-0.2, -0.15) is 0 Å². The Bertz CT molecular complexity index is 1420. The number of hydrogen-bond acceptors (Lipinski definition) is 2. The van der Waals surface area contributed by atoms with E-state index >= 15 is 0 Å². The fraction of sp³-hybridized carbons (Fsp3) is 0. The van der Waals surface area contributed by atoms with Gasteiger partial charge in [-0.05, 0) is 46.5 Å². The first-order chi connectivity index (χ1) is 16.8. The maximum atomic E-state index is 4.41. The number of pyridine rings is 2. The smallest absolute Gasteiger partial charge is 0.0707 e. The van der Waals surface area contributed by atoms with E-state index in [2.05, 4.69) is 131 Å². The summed E-state index contributed by atoms with van der Waals surface area (Å²) in [5, 5.41) is 2.32. The third-order valence-corrected chi connectivity index (χ3v) is 5.57. The zero-order chi connectivity index (χ0) is 23.0. The van der Waals surface area contributed by atoms with Crippen LogP contribution in [-0.2, 0) is 0 Å². The lowest BCUT2D eigenvalue weighted by molar-refractivity contribution is 1.41. The monoisotopic (exact) mass is 436 g/mol. The number of rotatable bonds is 6. The van der Waals surface area contributed by atoms with Crippen LogP contribution >= 0.6 is 0 Å². The molecule has 0 bridgehead atoms. The van der Waals surface area contributed by atoms with E-state index in [0.29, 0.717) is 0 Å². The van der Waals surface area contributed by atoms with Crippen molar-refractivity contribution in [3.8, 4) is 0 Å². The van der Waals surface area contributed by atoms with Crippen molar-refractivity contribution >= 4 is 46.1 Å². The predicted molar refractivity (Wildman–Crippen MR) is 146 cm³/mol. The van der Waals surface area contributed by atoms with Gasteiger partial charge >= 0.3 is 0 Å². The molecule has 34 heavy (non-hydrogen) atoms. The number of allylic oxidation sites excluding steroid dienone is 4. The van der Waals surface area contributed by atoms with Crippen LogP contribution in [0.2, 0.25) is 0 Å². The van der Waals surface area contributed by atoms with E-state index in [1.807, 2.05) is 24.5 Å². The molecule has 0 saturated carbocycles. The van der Waals surface area contributed by atoms with Crippen LogP contribution in [0, 0.1) is 0 Å². The van der Waals surface area contributed by atoms with Gasteiger partial charge in [-0.25, -0.2) is 0 Å². The Morgan fingerprint density at radius 2 is 0.794 bits per heavy atom. The van der Waals surface area contributed by atoms with E-state index in [1.165, 1.54) is 11.1 Å². The number of aromatic nitrogens is 2. The molecule has 0 aliphatic carbocycles. The summed E-state index contributed by atoms with van der Waals surface area (Å²) >= 11 is 0. The van der Waals surface area contributed by atoms with E-state index in [1.54, 1.807) is 0 Å². The van der Waals surface area contributed by atoms with E-state index in [9.17, 15) is 0 Å². The van der Waals surface area contributed by atoms with Crippen LogP contribution in [0.15, 0.2) is 122 Å². The lowest BCUT2D eigenvalue weighted by Crippen LogP contribution is -1.78. The van der Waals surface area contributed by atoms with Crippen molar-refractivity contribution in [3.63, 3.8) is 0 Å². The third kappa shape index (κ3) is 5.43. The van der Waals surface area contributed by atoms with Gasteiger partial charge in [-0.3, -0.25) is 9.97 Å². The van der Waals surface area contributed by atoms with Crippen LogP contribution in [0.25, 0.3) is 46.1 Å². The van der Waals surface area contributed by atoms with Crippen molar-refractivity contribution in [2.75, 3.05) is 0 Å². The van der Waals surface area contributed by atoms with Crippen molar-refractivity contribution < 1.29 is 0 Å². The first-order valence-corrected chi connectivity index (χ1v) is 11.3. The van der Waals surface area contributed by atoms with Crippen molar-refractivity contribution in [1.29, 1.82) is 0 Å². The fourth-order valence-corrected chi connectivity index (χ4v) is 3.76. The molecule has 0 aliphatic heterocycles. The predicted octanol–water partition coefficient (Wildman–Crippen LogP) is 8.24. The SMILES string of the molecule is C(/C=C/c1ccc2cccnc2c1)=C\c1ccc(/C=C/C=C/c2ccc3cccnc3c2)cc1. The summed E-state index contributed by atoms with van der Waals surface area (Å²) < 4.78 is 0. The molecular weight excluding hydrogens is 412 g/mol. The summed E-state index contributed by atoms with van der Waals surface area (Å²) in [5.41, 5.74) is 6.65. The van der Waals surface area contributed by atoms with Crippen LogP contribution in [-0.4, -0.2) is 9.97 Å². The largest absolute Gasteiger partial charge is 0.256 e. The second-order valence-corrected chi connectivity index (χ2v) is 8.01. The lowest BCUT2D eigenvalue weighted by Gasteiger charge is -1.98. The number of fused-ring (bicyclic) bond motifs is 2. The zero-order valence-corrected chi connectivity index (χ0v) is 18.8. The van der Waals surface area contributed by atoms with Gasteiger partial charge in [0.15, 0.2) is 0 Å². The maximum Gasteiger partial charge on any atom is 0.0707 e. The molecule has 5 rings (SSSR count). The molecule has 0 N–H and O–H groups in total. The minimum atomic E-state index is 1.02. The average Bonchev–Trinajstić information content (AvgIpc) is 2.90. The van der Waals surface area contributed by atoms with Crippen LogP contribution < -0.4 is 0 Å². The molecule has 0 saturated heterocycles. The standard InChI is InChI=1S/C32H24N2/c1(3-9-27-17-19-29-11-5-21-33-31(29)23-27)7-25-13-15-26(16-14-25)8-2-4-10-28-18-20-30-12-6-22-34-32(30)24-28/h1-24H/b7-1+,8-2+,9-3+,10-4+. The van der Waals surface area contributed by atoms with E-state index < -0.39 is 0 Å². The molecule has 5 aromatic rings. The second-order valence-electron chi connectivity index (χ2n) is 8.01. The van der Waals surface area contributed by atoms with Crippen molar-refractivity contribution in [1.82, 2.24) is 9.97 Å². The van der Waals surface area contributed by atoms with Crippen molar-refractivity contribution in [2.24, 2.45) is 0 Å².